The van der Waals surface area contributed by atoms with Gasteiger partial charge in [-0.15, -0.1) is 0 Å². The SMILES string of the molecule is CC1(C)CN(C(=O)c2cc(Cl)ccc2F)CC(C)(C)O1. The van der Waals surface area contributed by atoms with Crippen molar-refractivity contribution >= 4 is 17.5 Å². The number of rotatable bonds is 1. The Morgan fingerprint density at radius 2 is 1.80 bits per heavy atom. The van der Waals surface area contributed by atoms with Crippen LogP contribution in [0.25, 0.3) is 0 Å². The minimum atomic E-state index is -0.554. The molecule has 1 aliphatic heterocycles. The number of benzene rings is 1. The summed E-state index contributed by atoms with van der Waals surface area (Å²) in [4.78, 5) is 14.1. The Morgan fingerprint density at radius 1 is 1.25 bits per heavy atom. The third-order valence-electron chi connectivity index (χ3n) is 3.14. The van der Waals surface area contributed by atoms with Gasteiger partial charge in [-0.3, -0.25) is 4.79 Å². The first-order valence-electron chi connectivity index (χ1n) is 6.54. The average Bonchev–Trinajstić information content (AvgIpc) is 2.27. The first kappa shape index (κ1) is 15.3. The summed E-state index contributed by atoms with van der Waals surface area (Å²) in [7, 11) is 0. The zero-order valence-corrected chi connectivity index (χ0v) is 12.9. The van der Waals surface area contributed by atoms with E-state index in [1.807, 2.05) is 27.7 Å². The molecule has 1 heterocycles. The van der Waals surface area contributed by atoms with Crippen molar-refractivity contribution < 1.29 is 13.9 Å². The molecule has 1 aliphatic rings. The maximum absolute atomic E-state index is 13.8. The molecule has 0 unspecified atom stereocenters. The van der Waals surface area contributed by atoms with Crippen LogP contribution in [0.1, 0.15) is 38.1 Å². The van der Waals surface area contributed by atoms with E-state index < -0.39 is 17.0 Å². The van der Waals surface area contributed by atoms with Gasteiger partial charge in [0.15, 0.2) is 0 Å². The van der Waals surface area contributed by atoms with Crippen LogP contribution in [0.3, 0.4) is 0 Å². The molecule has 0 N–H and O–H groups in total. The van der Waals surface area contributed by atoms with Crippen LogP contribution >= 0.6 is 11.6 Å². The Bertz CT molecular complexity index is 527. The second kappa shape index (κ2) is 5.01. The summed E-state index contributed by atoms with van der Waals surface area (Å²) >= 11 is 5.85. The molecule has 0 aliphatic carbocycles. The molecular formula is C15H19ClFNO2. The summed E-state index contributed by atoms with van der Waals surface area (Å²) < 4.78 is 19.7. The Hall–Kier alpha value is -1.13. The molecule has 1 aromatic carbocycles. The lowest BCUT2D eigenvalue weighted by Gasteiger charge is -2.47. The maximum Gasteiger partial charge on any atom is 0.257 e. The lowest BCUT2D eigenvalue weighted by atomic mass is 9.98. The molecule has 0 radical (unpaired) electrons. The first-order valence-corrected chi connectivity index (χ1v) is 6.92. The van der Waals surface area contributed by atoms with Crippen LogP contribution in [0.4, 0.5) is 4.39 Å². The van der Waals surface area contributed by atoms with E-state index >= 15 is 0 Å². The Balaban J connectivity index is 2.31. The summed E-state index contributed by atoms with van der Waals surface area (Å²) in [6.07, 6.45) is 0. The predicted molar refractivity (Wildman–Crippen MR) is 76.6 cm³/mol. The molecule has 0 bridgehead atoms. The van der Waals surface area contributed by atoms with Crippen molar-refractivity contribution in [1.82, 2.24) is 4.90 Å². The van der Waals surface area contributed by atoms with E-state index in [2.05, 4.69) is 0 Å². The van der Waals surface area contributed by atoms with Crippen LogP contribution in [-0.4, -0.2) is 35.1 Å². The first-order chi connectivity index (χ1) is 9.10. The largest absolute Gasteiger partial charge is 0.366 e. The van der Waals surface area contributed by atoms with Crippen molar-refractivity contribution in [2.24, 2.45) is 0 Å². The highest BCUT2D eigenvalue weighted by Crippen LogP contribution is 2.29. The number of hydrogen-bond donors (Lipinski definition) is 0. The molecule has 1 amide bonds. The Labute approximate surface area is 123 Å². The molecule has 110 valence electrons. The quantitative estimate of drug-likeness (QED) is 0.794. The lowest BCUT2D eigenvalue weighted by molar-refractivity contribution is -0.171. The fourth-order valence-electron chi connectivity index (χ4n) is 2.76. The second-order valence-corrected chi connectivity index (χ2v) is 6.84. The fourth-order valence-corrected chi connectivity index (χ4v) is 2.94. The molecular weight excluding hydrogens is 281 g/mol. The molecule has 1 fully saturated rings. The van der Waals surface area contributed by atoms with E-state index in [0.29, 0.717) is 18.1 Å². The van der Waals surface area contributed by atoms with E-state index in [0.717, 1.165) is 0 Å². The smallest absolute Gasteiger partial charge is 0.257 e. The van der Waals surface area contributed by atoms with Gasteiger partial charge in [0.25, 0.3) is 5.91 Å². The molecule has 3 nitrogen and oxygen atoms in total. The zero-order chi connectivity index (χ0) is 15.1. The van der Waals surface area contributed by atoms with Gasteiger partial charge in [0, 0.05) is 18.1 Å². The van der Waals surface area contributed by atoms with Crippen LogP contribution < -0.4 is 0 Å². The van der Waals surface area contributed by atoms with Crippen molar-refractivity contribution in [2.75, 3.05) is 13.1 Å². The number of ether oxygens (including phenoxy) is 1. The molecule has 0 spiro atoms. The van der Waals surface area contributed by atoms with Crippen molar-refractivity contribution in [2.45, 2.75) is 38.9 Å². The predicted octanol–water partition coefficient (Wildman–Crippen LogP) is 3.51. The maximum atomic E-state index is 13.8. The van der Waals surface area contributed by atoms with Crippen LogP contribution in [0.15, 0.2) is 18.2 Å². The molecule has 1 aromatic rings. The van der Waals surface area contributed by atoms with Gasteiger partial charge in [-0.1, -0.05) is 11.6 Å². The summed E-state index contributed by atoms with van der Waals surface area (Å²) in [6, 6.07) is 4.02. The van der Waals surface area contributed by atoms with Gasteiger partial charge in [0.1, 0.15) is 5.82 Å². The highest BCUT2D eigenvalue weighted by molar-refractivity contribution is 6.31. The molecule has 2 rings (SSSR count). The highest BCUT2D eigenvalue weighted by Gasteiger charge is 2.40. The van der Waals surface area contributed by atoms with Crippen molar-refractivity contribution in [3.05, 3.63) is 34.6 Å². The van der Waals surface area contributed by atoms with Crippen LogP contribution in [0, 0.1) is 5.82 Å². The summed E-state index contributed by atoms with van der Waals surface area (Å²) in [5, 5.41) is 0.349. The van der Waals surface area contributed by atoms with E-state index in [1.54, 1.807) is 4.90 Å². The van der Waals surface area contributed by atoms with Gasteiger partial charge >= 0.3 is 0 Å². The van der Waals surface area contributed by atoms with Gasteiger partial charge in [-0.05, 0) is 45.9 Å². The molecule has 20 heavy (non-hydrogen) atoms. The summed E-state index contributed by atoms with van der Waals surface area (Å²) in [5.74, 6) is -0.907. The van der Waals surface area contributed by atoms with E-state index in [-0.39, 0.29) is 11.5 Å². The normalized spacial score (nSPS) is 20.8. The molecule has 5 heteroatoms. The second-order valence-electron chi connectivity index (χ2n) is 6.41. The lowest BCUT2D eigenvalue weighted by Crippen LogP contribution is -2.58. The highest BCUT2D eigenvalue weighted by atomic mass is 35.5. The number of nitrogens with zero attached hydrogens (tertiary/aromatic N) is 1. The zero-order valence-electron chi connectivity index (χ0n) is 12.2. The van der Waals surface area contributed by atoms with Gasteiger partial charge in [0.05, 0.1) is 16.8 Å². The van der Waals surface area contributed by atoms with Gasteiger partial charge in [-0.25, -0.2) is 4.39 Å². The average molecular weight is 300 g/mol. The van der Waals surface area contributed by atoms with E-state index in [9.17, 15) is 9.18 Å². The van der Waals surface area contributed by atoms with Crippen LogP contribution in [0.2, 0.25) is 5.02 Å². The molecule has 1 saturated heterocycles. The van der Waals surface area contributed by atoms with Crippen molar-refractivity contribution in [3.63, 3.8) is 0 Å². The van der Waals surface area contributed by atoms with E-state index in [4.69, 9.17) is 16.3 Å². The van der Waals surface area contributed by atoms with Gasteiger partial charge in [0.2, 0.25) is 0 Å². The number of halogens is 2. The number of carbonyl (C=O) groups is 1. The number of amides is 1. The van der Waals surface area contributed by atoms with E-state index in [1.165, 1.54) is 18.2 Å². The summed E-state index contributed by atoms with van der Waals surface area (Å²) in [5.41, 5.74) is -0.926. The number of carbonyl (C=O) groups excluding carboxylic acids is 1. The molecule has 0 saturated carbocycles. The Kier molecular flexibility index (Phi) is 3.82. The van der Waals surface area contributed by atoms with Crippen LogP contribution in [0.5, 0.6) is 0 Å². The minimum Gasteiger partial charge on any atom is -0.366 e. The van der Waals surface area contributed by atoms with Crippen molar-refractivity contribution in [3.8, 4) is 0 Å². The summed E-state index contributed by atoms with van der Waals surface area (Å²) in [6.45, 7) is 8.51. The standard InChI is InChI=1S/C15H19ClFNO2/c1-14(2)8-18(9-15(3,4)20-14)13(19)11-7-10(16)5-6-12(11)17/h5-7H,8-9H2,1-4H3. The fraction of sp³-hybridized carbons (Fsp3) is 0.533. The van der Waals surface area contributed by atoms with Crippen molar-refractivity contribution in [1.29, 1.82) is 0 Å². The van der Waals surface area contributed by atoms with Gasteiger partial charge < -0.3 is 9.64 Å². The minimum absolute atomic E-state index is 0.00556. The number of morpholine rings is 1. The monoisotopic (exact) mass is 299 g/mol. The topological polar surface area (TPSA) is 29.5 Å². The molecule has 0 aromatic heterocycles. The van der Waals surface area contributed by atoms with Gasteiger partial charge in [-0.2, -0.15) is 0 Å². The third-order valence-corrected chi connectivity index (χ3v) is 3.38. The Morgan fingerprint density at radius 3 is 2.35 bits per heavy atom. The molecule has 0 atom stereocenters. The number of hydrogen-bond acceptors (Lipinski definition) is 2. The third kappa shape index (κ3) is 3.30. The van der Waals surface area contributed by atoms with Crippen LogP contribution in [-0.2, 0) is 4.74 Å².